The fraction of sp³-hybridized carbons (Fsp3) is 0.106. The van der Waals surface area contributed by atoms with E-state index in [0.717, 1.165) is 63.1 Å². The second kappa shape index (κ2) is 11.7. The molecule has 0 N–H and O–H groups in total. The second-order valence-corrected chi connectivity index (χ2v) is 14.0. The standard InChI is InChI=1S/C47H36N4/c1-47-27-12-11-23-40(47)38-22-13-21-37(34-25-26-39-43(30-34)50(36-19-9-4-10-20-36)42-24-14-28-48-45(39)42)46(38)51(47)44-31-35(32-15-5-2-6-16-32)29-41(49-44)33-17-7-3-8-18-33/h2-11,13-26,28-31,40H,12,27H2,1H3. The molecule has 2 unspecified atom stereocenters. The first-order valence-corrected chi connectivity index (χ1v) is 17.9. The molecule has 4 heterocycles. The van der Waals surface area contributed by atoms with Gasteiger partial charge in [0.1, 0.15) is 5.82 Å². The van der Waals surface area contributed by atoms with Crippen molar-refractivity contribution in [2.45, 2.75) is 31.2 Å². The molecule has 51 heavy (non-hydrogen) atoms. The van der Waals surface area contributed by atoms with Crippen LogP contribution >= 0.6 is 0 Å². The molecular weight excluding hydrogens is 621 g/mol. The molecule has 0 bridgehead atoms. The van der Waals surface area contributed by atoms with Gasteiger partial charge in [-0.1, -0.05) is 115 Å². The summed E-state index contributed by atoms with van der Waals surface area (Å²) in [6, 6.07) is 54.4. The number of nitrogens with zero attached hydrogens (tertiary/aromatic N) is 4. The van der Waals surface area contributed by atoms with E-state index in [9.17, 15) is 0 Å². The Morgan fingerprint density at radius 3 is 2.22 bits per heavy atom. The molecule has 244 valence electrons. The fourth-order valence-corrected chi connectivity index (χ4v) is 8.63. The monoisotopic (exact) mass is 656 g/mol. The van der Waals surface area contributed by atoms with Gasteiger partial charge in [-0.3, -0.25) is 4.98 Å². The van der Waals surface area contributed by atoms with Crippen LogP contribution in [0.2, 0.25) is 0 Å². The van der Waals surface area contributed by atoms with Crippen LogP contribution in [0.25, 0.3) is 61.1 Å². The number of anilines is 2. The molecule has 0 saturated heterocycles. The Labute approximate surface area is 298 Å². The predicted molar refractivity (Wildman–Crippen MR) is 211 cm³/mol. The summed E-state index contributed by atoms with van der Waals surface area (Å²) >= 11 is 0. The normalized spacial score (nSPS) is 17.9. The molecule has 10 rings (SSSR count). The average Bonchev–Trinajstić information content (AvgIpc) is 3.67. The number of hydrogen-bond donors (Lipinski definition) is 0. The van der Waals surface area contributed by atoms with Crippen molar-refractivity contribution in [3.05, 3.63) is 176 Å². The van der Waals surface area contributed by atoms with Gasteiger partial charge in [0.25, 0.3) is 0 Å². The number of aromatic nitrogens is 3. The lowest BCUT2D eigenvalue weighted by atomic mass is 9.76. The van der Waals surface area contributed by atoms with Gasteiger partial charge in [-0.2, -0.15) is 0 Å². The smallest absolute Gasteiger partial charge is 0.134 e. The van der Waals surface area contributed by atoms with Crippen LogP contribution in [0.3, 0.4) is 0 Å². The molecule has 0 fully saturated rings. The molecule has 8 aromatic rings. The van der Waals surface area contributed by atoms with Crippen LogP contribution in [0.4, 0.5) is 11.5 Å². The molecule has 3 aromatic heterocycles. The Hall–Kier alpha value is -6.26. The molecule has 1 aliphatic heterocycles. The topological polar surface area (TPSA) is 34.0 Å². The number of allylic oxidation sites excluding steroid dienone is 1. The lowest BCUT2D eigenvalue weighted by Crippen LogP contribution is -2.44. The highest BCUT2D eigenvalue weighted by Crippen LogP contribution is 2.58. The zero-order valence-electron chi connectivity index (χ0n) is 28.4. The maximum Gasteiger partial charge on any atom is 0.134 e. The van der Waals surface area contributed by atoms with Crippen molar-refractivity contribution in [2.24, 2.45) is 0 Å². The van der Waals surface area contributed by atoms with E-state index >= 15 is 0 Å². The maximum absolute atomic E-state index is 5.50. The molecule has 2 atom stereocenters. The highest BCUT2D eigenvalue weighted by Gasteiger charge is 2.50. The van der Waals surface area contributed by atoms with Crippen molar-refractivity contribution in [1.29, 1.82) is 0 Å². The number of hydrogen-bond acceptors (Lipinski definition) is 3. The van der Waals surface area contributed by atoms with Crippen molar-refractivity contribution in [3.8, 4) is 39.2 Å². The van der Waals surface area contributed by atoms with Gasteiger partial charge in [0, 0.05) is 34.3 Å². The summed E-state index contributed by atoms with van der Waals surface area (Å²) in [5.41, 5.74) is 13.6. The van der Waals surface area contributed by atoms with Gasteiger partial charge >= 0.3 is 0 Å². The highest BCUT2D eigenvalue weighted by molar-refractivity contribution is 6.08. The zero-order chi connectivity index (χ0) is 33.9. The number of rotatable bonds is 5. The minimum Gasteiger partial charge on any atom is -0.319 e. The Balaban J connectivity index is 1.23. The number of benzene rings is 5. The van der Waals surface area contributed by atoms with E-state index in [-0.39, 0.29) is 11.5 Å². The van der Waals surface area contributed by atoms with Gasteiger partial charge in [-0.25, -0.2) is 4.98 Å². The van der Waals surface area contributed by atoms with Crippen molar-refractivity contribution in [2.75, 3.05) is 4.90 Å². The van der Waals surface area contributed by atoms with E-state index in [4.69, 9.17) is 9.97 Å². The molecule has 5 aromatic carbocycles. The van der Waals surface area contributed by atoms with E-state index in [1.165, 1.54) is 27.9 Å². The van der Waals surface area contributed by atoms with E-state index in [2.05, 4.69) is 174 Å². The van der Waals surface area contributed by atoms with Crippen molar-refractivity contribution in [1.82, 2.24) is 14.5 Å². The van der Waals surface area contributed by atoms with Crippen LogP contribution in [0, 0.1) is 0 Å². The largest absolute Gasteiger partial charge is 0.319 e. The first-order chi connectivity index (χ1) is 25.2. The van der Waals surface area contributed by atoms with E-state index in [1.54, 1.807) is 0 Å². The Morgan fingerprint density at radius 1 is 0.647 bits per heavy atom. The van der Waals surface area contributed by atoms with Crippen LogP contribution < -0.4 is 4.90 Å². The van der Waals surface area contributed by atoms with Crippen molar-refractivity contribution in [3.63, 3.8) is 0 Å². The van der Waals surface area contributed by atoms with E-state index in [0.29, 0.717) is 0 Å². The molecule has 1 aliphatic carbocycles. The van der Waals surface area contributed by atoms with Crippen molar-refractivity contribution < 1.29 is 0 Å². The van der Waals surface area contributed by atoms with E-state index in [1.807, 2.05) is 12.3 Å². The van der Waals surface area contributed by atoms with Crippen molar-refractivity contribution >= 4 is 33.4 Å². The third kappa shape index (κ3) is 4.67. The highest BCUT2D eigenvalue weighted by atomic mass is 15.3. The Morgan fingerprint density at radius 2 is 1.41 bits per heavy atom. The van der Waals surface area contributed by atoms with Crippen LogP contribution in [-0.2, 0) is 0 Å². The third-order valence-corrected chi connectivity index (χ3v) is 11.0. The predicted octanol–water partition coefficient (Wildman–Crippen LogP) is 11.9. The van der Waals surface area contributed by atoms with E-state index < -0.39 is 0 Å². The fourth-order valence-electron chi connectivity index (χ4n) is 8.63. The summed E-state index contributed by atoms with van der Waals surface area (Å²) in [6.07, 6.45) is 8.77. The van der Waals surface area contributed by atoms with Gasteiger partial charge in [-0.15, -0.1) is 0 Å². The molecule has 0 saturated carbocycles. The summed E-state index contributed by atoms with van der Waals surface area (Å²) in [4.78, 5) is 12.9. The molecule has 0 radical (unpaired) electrons. The zero-order valence-corrected chi connectivity index (χ0v) is 28.4. The third-order valence-electron chi connectivity index (χ3n) is 11.0. The lowest BCUT2D eigenvalue weighted by molar-refractivity contribution is 0.396. The summed E-state index contributed by atoms with van der Waals surface area (Å²) in [7, 11) is 0. The van der Waals surface area contributed by atoms with Gasteiger partial charge in [0.05, 0.1) is 33.5 Å². The summed E-state index contributed by atoms with van der Waals surface area (Å²) < 4.78 is 2.35. The number of para-hydroxylation sites is 2. The van der Waals surface area contributed by atoms with Gasteiger partial charge in [0.2, 0.25) is 0 Å². The second-order valence-electron chi connectivity index (χ2n) is 14.0. The van der Waals surface area contributed by atoms with Crippen LogP contribution in [0.5, 0.6) is 0 Å². The minimum absolute atomic E-state index is 0.184. The molecule has 0 amide bonds. The summed E-state index contributed by atoms with van der Waals surface area (Å²) in [5.74, 6) is 1.22. The molecular formula is C47H36N4. The quantitative estimate of drug-likeness (QED) is 0.173. The number of pyridine rings is 2. The molecule has 0 spiro atoms. The van der Waals surface area contributed by atoms with Gasteiger partial charge in [0.15, 0.2) is 0 Å². The van der Waals surface area contributed by atoms with Gasteiger partial charge in [-0.05, 0) is 90.6 Å². The maximum atomic E-state index is 5.50. The molecule has 2 aliphatic rings. The summed E-state index contributed by atoms with van der Waals surface area (Å²) in [6.45, 7) is 2.44. The van der Waals surface area contributed by atoms with Crippen LogP contribution in [0.15, 0.2) is 170 Å². The number of fused-ring (bicyclic) bond motifs is 6. The molecule has 4 heteroatoms. The molecule has 4 nitrogen and oxygen atoms in total. The SMILES string of the molecule is CC12CCC=CC1c1cccc(-c3ccc4c5ncccc5n(-c5ccccc5)c4c3)c1N2c1cc(-c2ccccc2)cc(-c2ccccc2)n1. The Bertz CT molecular complexity index is 2550. The first kappa shape index (κ1) is 29.6. The lowest BCUT2D eigenvalue weighted by Gasteiger charge is -2.42. The average molecular weight is 657 g/mol. The van der Waals surface area contributed by atoms with Crippen LogP contribution in [-0.4, -0.2) is 20.1 Å². The Kier molecular flexibility index (Phi) is 6.78. The summed E-state index contributed by atoms with van der Waals surface area (Å²) in [5, 5.41) is 1.15. The first-order valence-electron chi connectivity index (χ1n) is 17.9. The van der Waals surface area contributed by atoms with Gasteiger partial charge < -0.3 is 9.47 Å². The van der Waals surface area contributed by atoms with Crippen LogP contribution in [0.1, 0.15) is 31.2 Å². The minimum atomic E-state index is -0.184.